The number of amides is 1. The molecule has 4 rings (SSSR count). The predicted octanol–water partition coefficient (Wildman–Crippen LogP) is 6.91. The van der Waals surface area contributed by atoms with E-state index < -0.39 is 17.6 Å². The maximum absolute atomic E-state index is 13.7. The molecular weight excluding hydrogens is 522 g/mol. The number of carbonyl (C=O) groups is 3. The molecule has 1 fully saturated rings. The van der Waals surface area contributed by atoms with Gasteiger partial charge in [0.2, 0.25) is 0 Å². The second-order valence-corrected chi connectivity index (χ2v) is 11.1. The molecule has 0 aromatic heterocycles. The molecule has 3 aromatic rings. The van der Waals surface area contributed by atoms with Crippen LogP contribution >= 0.6 is 23.4 Å². The molecule has 0 spiro atoms. The van der Waals surface area contributed by atoms with Crippen molar-refractivity contribution >= 4 is 41.0 Å². The monoisotopic (exact) mass is 551 g/mol. The molecule has 6 nitrogen and oxygen atoms in total. The van der Waals surface area contributed by atoms with Gasteiger partial charge < -0.3 is 14.4 Å². The number of rotatable bonds is 8. The fraction of sp³-hybridized carbons (Fsp3) is 0.300. The van der Waals surface area contributed by atoms with Gasteiger partial charge in [-0.05, 0) is 81.1 Å². The molecule has 3 aromatic carbocycles. The molecule has 0 radical (unpaired) electrons. The lowest BCUT2D eigenvalue weighted by atomic mass is 9.84. The first-order valence-electron chi connectivity index (χ1n) is 12.3. The molecule has 2 atom stereocenters. The van der Waals surface area contributed by atoms with Crippen molar-refractivity contribution < 1.29 is 23.9 Å². The molecule has 0 saturated carbocycles. The van der Waals surface area contributed by atoms with Crippen molar-refractivity contribution in [3.05, 3.63) is 88.9 Å². The summed E-state index contributed by atoms with van der Waals surface area (Å²) in [7, 11) is 0. The average Bonchev–Trinajstić information content (AvgIpc) is 3.35. The van der Waals surface area contributed by atoms with Crippen LogP contribution in [0.3, 0.4) is 0 Å². The highest BCUT2D eigenvalue weighted by Gasteiger charge is 2.41. The van der Waals surface area contributed by atoms with E-state index in [0.29, 0.717) is 28.6 Å². The number of Topliss-reactive ketones (excluding diaryl/α,β-unsaturated/α-hetero) is 2. The van der Waals surface area contributed by atoms with Gasteiger partial charge >= 0.3 is 6.09 Å². The number of likely N-dealkylation sites (tertiary alicyclic amines) is 1. The van der Waals surface area contributed by atoms with Crippen LogP contribution in [0.4, 0.5) is 4.79 Å². The van der Waals surface area contributed by atoms with Crippen LogP contribution in [0, 0.1) is 5.92 Å². The fourth-order valence-electron chi connectivity index (χ4n) is 4.37. The quantitative estimate of drug-likeness (QED) is 0.224. The smallest absolute Gasteiger partial charge is 0.415 e. The summed E-state index contributed by atoms with van der Waals surface area (Å²) in [6, 6.07) is 21.4. The summed E-state index contributed by atoms with van der Waals surface area (Å²) in [4.78, 5) is 41.4. The van der Waals surface area contributed by atoms with Crippen LogP contribution in [0.1, 0.15) is 42.6 Å². The van der Waals surface area contributed by atoms with Gasteiger partial charge in [0.05, 0.1) is 0 Å². The van der Waals surface area contributed by atoms with Crippen LogP contribution in [-0.4, -0.2) is 47.5 Å². The number of ketones is 2. The summed E-state index contributed by atoms with van der Waals surface area (Å²) in [5, 5.41) is 0.541. The van der Waals surface area contributed by atoms with Crippen LogP contribution < -0.4 is 9.47 Å². The van der Waals surface area contributed by atoms with Gasteiger partial charge in [-0.3, -0.25) is 9.59 Å². The summed E-state index contributed by atoms with van der Waals surface area (Å²) >= 11 is 7.55. The van der Waals surface area contributed by atoms with Gasteiger partial charge in [0.25, 0.3) is 0 Å². The van der Waals surface area contributed by atoms with E-state index in [2.05, 4.69) is 0 Å². The Hall–Kier alpha value is -3.29. The first kappa shape index (κ1) is 27.7. The van der Waals surface area contributed by atoms with Crippen LogP contribution in [0.5, 0.6) is 11.5 Å². The Bertz CT molecular complexity index is 1320. The normalized spacial score (nSPS) is 17.2. The Labute approximate surface area is 232 Å². The molecule has 0 aliphatic carbocycles. The molecule has 1 heterocycles. The first-order chi connectivity index (χ1) is 18.1. The third kappa shape index (κ3) is 6.40. The number of thioether (sulfide) groups is 1. The van der Waals surface area contributed by atoms with Crippen molar-refractivity contribution in [3.8, 4) is 11.5 Å². The Morgan fingerprint density at radius 1 is 0.947 bits per heavy atom. The molecule has 1 aliphatic rings. The van der Waals surface area contributed by atoms with E-state index in [9.17, 15) is 14.4 Å². The molecule has 198 valence electrons. The molecule has 38 heavy (non-hydrogen) atoms. The third-order valence-corrected chi connectivity index (χ3v) is 7.81. The summed E-state index contributed by atoms with van der Waals surface area (Å²) in [6.45, 7) is 5.44. The minimum absolute atomic E-state index is 0.0418. The fourth-order valence-corrected chi connectivity index (χ4v) is 4.90. The first-order valence-corrected chi connectivity index (χ1v) is 13.9. The van der Waals surface area contributed by atoms with E-state index in [1.54, 1.807) is 60.8 Å². The number of halogens is 1. The molecule has 1 aliphatic heterocycles. The lowest BCUT2D eigenvalue weighted by molar-refractivity contribution is -0.129. The van der Waals surface area contributed by atoms with Crippen molar-refractivity contribution in [3.63, 3.8) is 0 Å². The number of hydrogen-bond acceptors (Lipinski definition) is 6. The molecule has 1 amide bonds. The van der Waals surface area contributed by atoms with Gasteiger partial charge in [-0.2, -0.15) is 0 Å². The molecule has 0 N–H and O–H groups in total. The maximum atomic E-state index is 13.7. The summed E-state index contributed by atoms with van der Waals surface area (Å²) in [5.41, 5.74) is 0.454. The second-order valence-electron chi connectivity index (χ2n) is 9.77. The molecule has 0 bridgehead atoms. The number of hydrogen-bond donors (Lipinski definition) is 0. The Balaban J connectivity index is 1.62. The predicted molar refractivity (Wildman–Crippen MR) is 150 cm³/mol. The highest BCUT2D eigenvalue weighted by atomic mass is 35.5. The number of ether oxygens (including phenoxy) is 2. The van der Waals surface area contributed by atoms with Gasteiger partial charge in [0.1, 0.15) is 11.5 Å². The lowest BCUT2D eigenvalue weighted by Gasteiger charge is -2.24. The highest BCUT2D eigenvalue weighted by molar-refractivity contribution is 7.98. The van der Waals surface area contributed by atoms with Crippen molar-refractivity contribution in [2.24, 2.45) is 5.92 Å². The highest BCUT2D eigenvalue weighted by Crippen LogP contribution is 2.37. The Morgan fingerprint density at radius 2 is 1.63 bits per heavy atom. The van der Waals surface area contributed by atoms with Gasteiger partial charge in [0, 0.05) is 40.4 Å². The second kappa shape index (κ2) is 11.6. The number of carbonyl (C=O) groups excluding carboxylic acids is 3. The topological polar surface area (TPSA) is 72.9 Å². The van der Waals surface area contributed by atoms with E-state index in [0.717, 1.165) is 10.5 Å². The van der Waals surface area contributed by atoms with E-state index in [1.807, 2.05) is 48.7 Å². The minimum Gasteiger partial charge on any atom is -0.480 e. The zero-order valence-corrected chi connectivity index (χ0v) is 23.3. The van der Waals surface area contributed by atoms with E-state index in [-0.39, 0.29) is 24.0 Å². The summed E-state index contributed by atoms with van der Waals surface area (Å²) in [6.07, 6.45) is 1.45. The van der Waals surface area contributed by atoms with Crippen LogP contribution in [0.25, 0.3) is 0 Å². The zero-order chi connectivity index (χ0) is 27.4. The Morgan fingerprint density at radius 3 is 2.26 bits per heavy atom. The van der Waals surface area contributed by atoms with Crippen LogP contribution in [-0.2, 0) is 4.79 Å². The van der Waals surface area contributed by atoms with E-state index >= 15 is 0 Å². The SMILES string of the molecule is CSc1ccc(C(=O)C2CN(C(=O)Oc3ccc(Cl)cc3)CC2c2cccc(OC(C)(C)C(C)=O)c2)cc1. The molecule has 8 heteroatoms. The zero-order valence-electron chi connectivity index (χ0n) is 21.8. The maximum Gasteiger partial charge on any atom is 0.415 e. The average molecular weight is 552 g/mol. The Kier molecular flexibility index (Phi) is 8.48. The van der Waals surface area contributed by atoms with Crippen molar-refractivity contribution in [2.75, 3.05) is 19.3 Å². The lowest BCUT2D eigenvalue weighted by Crippen LogP contribution is -2.36. The van der Waals surface area contributed by atoms with Crippen LogP contribution in [0.15, 0.2) is 77.7 Å². The van der Waals surface area contributed by atoms with Crippen molar-refractivity contribution in [1.82, 2.24) is 4.90 Å². The largest absolute Gasteiger partial charge is 0.480 e. The van der Waals surface area contributed by atoms with E-state index in [1.165, 1.54) is 6.92 Å². The third-order valence-electron chi connectivity index (χ3n) is 6.82. The van der Waals surface area contributed by atoms with Gasteiger partial charge in [0.15, 0.2) is 17.2 Å². The molecule has 1 saturated heterocycles. The van der Waals surface area contributed by atoms with Gasteiger partial charge in [-0.1, -0.05) is 35.9 Å². The van der Waals surface area contributed by atoms with Crippen molar-refractivity contribution in [2.45, 2.75) is 37.2 Å². The number of benzene rings is 3. The van der Waals surface area contributed by atoms with Crippen molar-refractivity contribution in [1.29, 1.82) is 0 Å². The van der Waals surface area contributed by atoms with Gasteiger partial charge in [-0.15, -0.1) is 11.8 Å². The number of nitrogens with zero attached hydrogens (tertiary/aromatic N) is 1. The van der Waals surface area contributed by atoms with E-state index in [4.69, 9.17) is 21.1 Å². The molecular formula is C30H30ClNO5S. The standard InChI is InChI=1S/C30H30ClNO5S/c1-19(33)30(2,3)37-24-7-5-6-21(16-24)26-17-32(29(35)36-23-12-10-22(31)11-13-23)18-27(26)28(34)20-8-14-25(38-4)15-9-20/h5-16,26-27H,17-18H2,1-4H3. The molecule has 2 unspecified atom stereocenters. The minimum atomic E-state index is -0.989. The summed E-state index contributed by atoms with van der Waals surface area (Å²) < 4.78 is 11.5. The van der Waals surface area contributed by atoms with Gasteiger partial charge in [-0.25, -0.2) is 4.79 Å². The van der Waals surface area contributed by atoms with Crippen LogP contribution in [0.2, 0.25) is 5.02 Å². The summed E-state index contributed by atoms with van der Waals surface area (Å²) in [5.74, 6) is -0.00410.